The van der Waals surface area contributed by atoms with Crippen LogP contribution >= 0.6 is 24.0 Å². The fraction of sp³-hybridized carbons (Fsp3) is 0.538. The molecule has 8 heteroatoms. The number of nitrogens with zero attached hydrogens (tertiary/aromatic N) is 1. The minimum atomic E-state index is -3.69. The molecule has 0 saturated carbocycles. The van der Waals surface area contributed by atoms with Crippen LogP contribution in [-0.4, -0.2) is 31.9 Å². The van der Waals surface area contributed by atoms with Gasteiger partial charge in [0.15, 0.2) is 0 Å². The van der Waals surface area contributed by atoms with Crippen LogP contribution in [0.4, 0.5) is 4.39 Å². The number of halogens is 3. The van der Waals surface area contributed by atoms with Gasteiger partial charge in [-0.1, -0.05) is 11.6 Å². The lowest BCUT2D eigenvalue weighted by atomic mass is 9.92. The van der Waals surface area contributed by atoms with E-state index in [2.05, 4.69) is 0 Å². The number of benzene rings is 1. The van der Waals surface area contributed by atoms with E-state index >= 15 is 0 Å². The molecular formula is C13H19Cl2FN2O2S. The highest BCUT2D eigenvalue weighted by atomic mass is 35.5. The minimum Gasteiger partial charge on any atom is -0.328 e. The Kier molecular flexibility index (Phi) is 6.43. The van der Waals surface area contributed by atoms with Gasteiger partial charge >= 0.3 is 0 Å². The molecule has 1 aliphatic heterocycles. The quantitative estimate of drug-likeness (QED) is 0.905. The van der Waals surface area contributed by atoms with E-state index in [0.717, 1.165) is 25.0 Å². The zero-order valence-electron chi connectivity index (χ0n) is 11.6. The number of sulfonamides is 1. The van der Waals surface area contributed by atoms with Gasteiger partial charge in [-0.05, 0) is 43.9 Å². The van der Waals surface area contributed by atoms with E-state index in [9.17, 15) is 12.8 Å². The molecule has 1 aliphatic rings. The Morgan fingerprint density at radius 2 is 1.90 bits per heavy atom. The Hall–Kier alpha value is -0.400. The second kappa shape index (κ2) is 7.24. The number of nitrogens with two attached hydrogens (primary N) is 1. The third kappa shape index (κ3) is 4.29. The molecule has 1 atom stereocenters. The molecule has 0 bridgehead atoms. The molecule has 1 aromatic carbocycles. The molecule has 1 saturated heterocycles. The van der Waals surface area contributed by atoms with E-state index in [1.165, 1.54) is 10.4 Å². The highest BCUT2D eigenvalue weighted by Crippen LogP contribution is 2.27. The molecule has 0 aromatic heterocycles. The first kappa shape index (κ1) is 18.6. The zero-order valence-corrected chi connectivity index (χ0v) is 14.0. The summed E-state index contributed by atoms with van der Waals surface area (Å²) in [6, 6.07) is 3.42. The Labute approximate surface area is 135 Å². The summed E-state index contributed by atoms with van der Waals surface area (Å²) in [5.74, 6) is -0.320. The predicted molar refractivity (Wildman–Crippen MR) is 83.8 cm³/mol. The van der Waals surface area contributed by atoms with Crippen molar-refractivity contribution < 1.29 is 12.8 Å². The molecule has 0 aliphatic carbocycles. The van der Waals surface area contributed by atoms with E-state index in [0.29, 0.717) is 19.0 Å². The summed E-state index contributed by atoms with van der Waals surface area (Å²) in [6.45, 7) is 2.74. The Morgan fingerprint density at radius 1 is 1.33 bits per heavy atom. The summed E-state index contributed by atoms with van der Waals surface area (Å²) >= 11 is 5.72. The van der Waals surface area contributed by atoms with Gasteiger partial charge < -0.3 is 5.73 Å². The van der Waals surface area contributed by atoms with Gasteiger partial charge in [-0.25, -0.2) is 12.8 Å². The molecule has 4 nitrogen and oxygen atoms in total. The normalized spacial score (nSPS) is 19.0. The number of piperidine rings is 1. The van der Waals surface area contributed by atoms with Crippen LogP contribution in [0.3, 0.4) is 0 Å². The molecule has 1 heterocycles. The van der Waals surface area contributed by atoms with E-state index in [1.807, 2.05) is 6.92 Å². The lowest BCUT2D eigenvalue weighted by Gasteiger charge is -2.32. The van der Waals surface area contributed by atoms with E-state index in [4.69, 9.17) is 17.3 Å². The topological polar surface area (TPSA) is 63.4 Å². The van der Waals surface area contributed by atoms with Crippen molar-refractivity contribution in [3.8, 4) is 0 Å². The van der Waals surface area contributed by atoms with Gasteiger partial charge in [0.1, 0.15) is 5.82 Å². The monoisotopic (exact) mass is 356 g/mol. The number of hydrogen-bond donors (Lipinski definition) is 1. The first-order valence-electron chi connectivity index (χ1n) is 6.52. The summed E-state index contributed by atoms with van der Waals surface area (Å²) in [6.07, 6.45) is 1.44. The first-order valence-corrected chi connectivity index (χ1v) is 8.34. The van der Waals surface area contributed by atoms with Crippen LogP contribution < -0.4 is 5.73 Å². The van der Waals surface area contributed by atoms with Gasteiger partial charge in [0.2, 0.25) is 10.0 Å². The second-order valence-corrected chi connectivity index (χ2v) is 7.58. The van der Waals surface area contributed by atoms with Crippen molar-refractivity contribution in [3.05, 3.63) is 29.0 Å². The van der Waals surface area contributed by atoms with Gasteiger partial charge in [-0.3, -0.25) is 0 Å². The highest BCUT2D eigenvalue weighted by molar-refractivity contribution is 7.89. The van der Waals surface area contributed by atoms with Crippen LogP contribution in [-0.2, 0) is 10.0 Å². The highest BCUT2D eigenvalue weighted by Gasteiger charge is 2.30. The maximum atomic E-state index is 13.3. The summed E-state index contributed by atoms with van der Waals surface area (Å²) in [5, 5.41) is 0.0778. The summed E-state index contributed by atoms with van der Waals surface area (Å²) < 4.78 is 39.6. The minimum absolute atomic E-state index is 0. The van der Waals surface area contributed by atoms with Crippen LogP contribution in [0.25, 0.3) is 0 Å². The SMILES string of the molecule is CC(N)C1CCN(S(=O)(=O)c2cc(F)cc(Cl)c2)CC1.Cl. The van der Waals surface area contributed by atoms with Crippen LogP contribution in [0.5, 0.6) is 0 Å². The Balaban J connectivity index is 0.00000220. The molecule has 1 aromatic rings. The van der Waals surface area contributed by atoms with Gasteiger partial charge in [-0.2, -0.15) is 4.31 Å². The average Bonchev–Trinajstić information content (AvgIpc) is 2.37. The molecule has 0 spiro atoms. The molecule has 2 N–H and O–H groups in total. The molecule has 1 unspecified atom stereocenters. The van der Waals surface area contributed by atoms with E-state index < -0.39 is 15.8 Å². The molecule has 120 valence electrons. The van der Waals surface area contributed by atoms with Crippen molar-refractivity contribution in [2.75, 3.05) is 13.1 Å². The Morgan fingerprint density at radius 3 is 2.38 bits per heavy atom. The van der Waals surface area contributed by atoms with Crippen LogP contribution in [0.1, 0.15) is 19.8 Å². The molecule has 21 heavy (non-hydrogen) atoms. The number of rotatable bonds is 3. The first-order chi connectivity index (χ1) is 9.30. The lowest BCUT2D eigenvalue weighted by Crippen LogP contribution is -2.42. The van der Waals surface area contributed by atoms with Crippen molar-refractivity contribution >= 4 is 34.0 Å². The van der Waals surface area contributed by atoms with Gasteiger partial charge in [0, 0.05) is 24.2 Å². The van der Waals surface area contributed by atoms with Crippen LogP contribution in [0, 0.1) is 11.7 Å². The third-order valence-corrected chi connectivity index (χ3v) is 5.81. The molecule has 0 amide bonds. The third-order valence-electron chi connectivity index (χ3n) is 3.72. The van der Waals surface area contributed by atoms with E-state index in [1.54, 1.807) is 0 Å². The standard InChI is InChI=1S/C13H18ClFN2O2S.ClH/c1-9(16)10-2-4-17(5-3-10)20(18,19)13-7-11(14)6-12(15)8-13;/h6-10H,2-5,16H2,1H3;1H. The van der Waals surface area contributed by atoms with Crippen molar-refractivity contribution in [2.24, 2.45) is 11.7 Å². The van der Waals surface area contributed by atoms with Crippen molar-refractivity contribution in [1.82, 2.24) is 4.31 Å². The van der Waals surface area contributed by atoms with Crippen molar-refractivity contribution in [2.45, 2.75) is 30.7 Å². The molecule has 1 fully saturated rings. The maximum absolute atomic E-state index is 13.3. The second-order valence-electron chi connectivity index (χ2n) is 5.21. The fourth-order valence-corrected chi connectivity index (χ4v) is 4.28. The smallest absolute Gasteiger partial charge is 0.243 e. The van der Waals surface area contributed by atoms with Gasteiger partial charge in [0.25, 0.3) is 0 Å². The summed E-state index contributed by atoms with van der Waals surface area (Å²) in [5.41, 5.74) is 5.84. The Bertz CT molecular complexity index is 568. The summed E-state index contributed by atoms with van der Waals surface area (Å²) in [4.78, 5) is -0.0956. The number of hydrogen-bond acceptors (Lipinski definition) is 3. The van der Waals surface area contributed by atoms with Crippen molar-refractivity contribution in [3.63, 3.8) is 0 Å². The predicted octanol–water partition coefficient (Wildman–Crippen LogP) is 2.65. The summed E-state index contributed by atoms with van der Waals surface area (Å²) in [7, 11) is -3.69. The molecular weight excluding hydrogens is 338 g/mol. The lowest BCUT2D eigenvalue weighted by molar-refractivity contribution is 0.250. The molecule has 0 radical (unpaired) electrons. The fourth-order valence-electron chi connectivity index (χ4n) is 2.47. The maximum Gasteiger partial charge on any atom is 0.243 e. The van der Waals surface area contributed by atoms with Crippen molar-refractivity contribution in [1.29, 1.82) is 0 Å². The molecule has 2 rings (SSSR count). The van der Waals surface area contributed by atoms with E-state index in [-0.39, 0.29) is 28.4 Å². The van der Waals surface area contributed by atoms with Gasteiger partial charge in [-0.15, -0.1) is 12.4 Å². The van der Waals surface area contributed by atoms with Gasteiger partial charge in [0.05, 0.1) is 4.90 Å². The van der Waals surface area contributed by atoms with Crippen LogP contribution in [0.2, 0.25) is 5.02 Å². The largest absolute Gasteiger partial charge is 0.328 e. The average molecular weight is 357 g/mol. The zero-order chi connectivity index (χ0) is 14.9. The van der Waals surface area contributed by atoms with Crippen LogP contribution in [0.15, 0.2) is 23.1 Å².